The van der Waals surface area contributed by atoms with Crippen LogP contribution in [-0.2, 0) is 4.79 Å². The standard InChI is InChI=1S/C28H29N3O2S/c32-26(29-23-16-8-3-9-17-23)22-15-10-18-24(19-22)30-28(34)31-27(33)25(20-11-4-1-5-12-20)21-13-6-2-7-14-21/h1-2,4-7,10-15,18-19,23,25H,3,8-9,16-17H2,(H,29,32)(H2,30,31,33,34). The molecule has 1 aliphatic carbocycles. The molecule has 174 valence electrons. The Balaban J connectivity index is 1.42. The van der Waals surface area contributed by atoms with Crippen LogP contribution in [0, 0.1) is 0 Å². The Labute approximate surface area is 206 Å². The van der Waals surface area contributed by atoms with Gasteiger partial charge in [-0.1, -0.05) is 86.0 Å². The molecule has 0 radical (unpaired) electrons. The Kier molecular flexibility index (Phi) is 8.04. The van der Waals surface area contributed by atoms with Crippen molar-refractivity contribution in [2.45, 2.75) is 44.1 Å². The number of rotatable bonds is 6. The van der Waals surface area contributed by atoms with Gasteiger partial charge in [-0.3, -0.25) is 9.59 Å². The summed E-state index contributed by atoms with van der Waals surface area (Å²) in [4.78, 5) is 25.9. The van der Waals surface area contributed by atoms with E-state index in [9.17, 15) is 9.59 Å². The molecule has 3 aromatic carbocycles. The van der Waals surface area contributed by atoms with Gasteiger partial charge in [-0.05, 0) is 54.4 Å². The highest BCUT2D eigenvalue weighted by Crippen LogP contribution is 2.25. The van der Waals surface area contributed by atoms with E-state index in [1.54, 1.807) is 18.2 Å². The minimum atomic E-state index is -0.491. The van der Waals surface area contributed by atoms with Gasteiger partial charge in [0.25, 0.3) is 5.91 Å². The van der Waals surface area contributed by atoms with Crippen molar-refractivity contribution in [3.05, 3.63) is 102 Å². The van der Waals surface area contributed by atoms with Crippen LogP contribution in [0.15, 0.2) is 84.9 Å². The highest BCUT2D eigenvalue weighted by Gasteiger charge is 2.23. The van der Waals surface area contributed by atoms with E-state index in [0.29, 0.717) is 11.3 Å². The van der Waals surface area contributed by atoms with Gasteiger partial charge < -0.3 is 16.0 Å². The smallest absolute Gasteiger partial charge is 0.251 e. The third-order valence-corrected chi connectivity index (χ3v) is 6.29. The second kappa shape index (κ2) is 11.6. The average Bonchev–Trinajstić information content (AvgIpc) is 2.86. The van der Waals surface area contributed by atoms with E-state index in [1.165, 1.54) is 6.42 Å². The first-order valence-electron chi connectivity index (χ1n) is 11.7. The number of thiocarbonyl (C=S) groups is 1. The van der Waals surface area contributed by atoms with Crippen molar-refractivity contribution in [3.8, 4) is 0 Å². The lowest BCUT2D eigenvalue weighted by Gasteiger charge is -2.23. The lowest BCUT2D eigenvalue weighted by Crippen LogP contribution is -2.38. The molecule has 0 heterocycles. The SMILES string of the molecule is O=C(NC1CCCCC1)c1cccc(NC(=S)NC(=O)C(c2ccccc2)c2ccccc2)c1. The summed E-state index contributed by atoms with van der Waals surface area (Å²) in [5.74, 6) is -0.797. The first-order valence-corrected chi connectivity index (χ1v) is 12.1. The summed E-state index contributed by atoms with van der Waals surface area (Å²) in [7, 11) is 0. The van der Waals surface area contributed by atoms with E-state index in [4.69, 9.17) is 12.2 Å². The van der Waals surface area contributed by atoms with Crippen LogP contribution in [-0.4, -0.2) is 23.0 Å². The van der Waals surface area contributed by atoms with Gasteiger partial charge in [0, 0.05) is 17.3 Å². The Morgan fingerprint density at radius 1 is 0.794 bits per heavy atom. The summed E-state index contributed by atoms with van der Waals surface area (Å²) in [5.41, 5.74) is 2.99. The number of nitrogens with one attached hydrogen (secondary N) is 3. The zero-order chi connectivity index (χ0) is 23.8. The molecule has 0 bridgehead atoms. The Bertz CT molecular complexity index is 1090. The molecule has 2 amide bonds. The third-order valence-electron chi connectivity index (χ3n) is 6.09. The minimum Gasteiger partial charge on any atom is -0.349 e. The maximum atomic E-state index is 13.2. The second-order valence-electron chi connectivity index (χ2n) is 8.59. The van der Waals surface area contributed by atoms with Crippen molar-refractivity contribution < 1.29 is 9.59 Å². The summed E-state index contributed by atoms with van der Waals surface area (Å²) in [5, 5.41) is 9.19. The molecule has 6 heteroatoms. The van der Waals surface area contributed by atoms with E-state index in [0.717, 1.165) is 36.8 Å². The number of amides is 2. The molecular formula is C28H29N3O2S. The summed E-state index contributed by atoms with van der Waals surface area (Å²) in [6.45, 7) is 0. The monoisotopic (exact) mass is 471 g/mol. The number of benzene rings is 3. The summed E-state index contributed by atoms with van der Waals surface area (Å²) < 4.78 is 0. The maximum Gasteiger partial charge on any atom is 0.251 e. The van der Waals surface area contributed by atoms with Crippen molar-refractivity contribution >= 4 is 34.8 Å². The fourth-order valence-corrected chi connectivity index (χ4v) is 4.60. The van der Waals surface area contributed by atoms with Gasteiger partial charge in [-0.15, -0.1) is 0 Å². The van der Waals surface area contributed by atoms with E-state index in [2.05, 4.69) is 16.0 Å². The van der Waals surface area contributed by atoms with Crippen molar-refractivity contribution in [2.24, 2.45) is 0 Å². The Hall–Kier alpha value is -3.51. The number of carbonyl (C=O) groups excluding carboxylic acids is 2. The zero-order valence-electron chi connectivity index (χ0n) is 19.0. The highest BCUT2D eigenvalue weighted by atomic mass is 32.1. The molecule has 1 fully saturated rings. The number of carbonyl (C=O) groups is 2. The summed E-state index contributed by atoms with van der Waals surface area (Å²) in [6, 6.07) is 26.6. The van der Waals surface area contributed by atoms with Crippen LogP contribution in [0.2, 0.25) is 0 Å². The van der Waals surface area contributed by atoms with Crippen molar-refractivity contribution in [1.29, 1.82) is 0 Å². The lowest BCUT2D eigenvalue weighted by molar-refractivity contribution is -0.120. The van der Waals surface area contributed by atoms with Crippen LogP contribution in [0.5, 0.6) is 0 Å². The molecule has 34 heavy (non-hydrogen) atoms. The number of anilines is 1. The van der Waals surface area contributed by atoms with E-state index in [-0.39, 0.29) is 23.0 Å². The van der Waals surface area contributed by atoms with Crippen LogP contribution in [0.1, 0.15) is 59.5 Å². The molecule has 0 spiro atoms. The molecule has 0 aliphatic heterocycles. The van der Waals surface area contributed by atoms with Crippen molar-refractivity contribution in [3.63, 3.8) is 0 Å². The normalized spacial score (nSPS) is 13.8. The zero-order valence-corrected chi connectivity index (χ0v) is 19.8. The number of hydrogen-bond acceptors (Lipinski definition) is 3. The summed E-state index contributed by atoms with van der Waals surface area (Å²) >= 11 is 5.43. The molecule has 0 aromatic heterocycles. The first-order chi connectivity index (χ1) is 16.6. The van der Waals surface area contributed by atoms with Crippen LogP contribution < -0.4 is 16.0 Å². The van der Waals surface area contributed by atoms with Crippen molar-refractivity contribution in [2.75, 3.05) is 5.32 Å². The minimum absolute atomic E-state index is 0.0845. The van der Waals surface area contributed by atoms with Crippen molar-refractivity contribution in [1.82, 2.24) is 10.6 Å². The van der Waals surface area contributed by atoms with E-state index >= 15 is 0 Å². The molecule has 0 saturated heterocycles. The first kappa shape index (κ1) is 23.6. The van der Waals surface area contributed by atoms with Gasteiger partial charge in [0.15, 0.2) is 5.11 Å². The molecule has 3 aromatic rings. The van der Waals surface area contributed by atoms with Gasteiger partial charge in [0.05, 0.1) is 5.92 Å². The Morgan fingerprint density at radius 2 is 1.41 bits per heavy atom. The van der Waals surface area contributed by atoms with Gasteiger partial charge >= 0.3 is 0 Å². The molecule has 0 atom stereocenters. The second-order valence-corrected chi connectivity index (χ2v) is 9.00. The summed E-state index contributed by atoms with van der Waals surface area (Å²) in [6.07, 6.45) is 5.62. The molecule has 0 unspecified atom stereocenters. The largest absolute Gasteiger partial charge is 0.349 e. The van der Waals surface area contributed by atoms with Crippen LogP contribution in [0.4, 0.5) is 5.69 Å². The fraction of sp³-hybridized carbons (Fsp3) is 0.250. The Morgan fingerprint density at radius 3 is 2.03 bits per heavy atom. The predicted molar refractivity (Wildman–Crippen MR) is 140 cm³/mol. The molecule has 1 saturated carbocycles. The number of hydrogen-bond donors (Lipinski definition) is 3. The van der Waals surface area contributed by atoms with Gasteiger partial charge in [0.2, 0.25) is 5.91 Å². The van der Waals surface area contributed by atoms with Crippen LogP contribution in [0.3, 0.4) is 0 Å². The quantitative estimate of drug-likeness (QED) is 0.421. The van der Waals surface area contributed by atoms with Gasteiger partial charge in [-0.25, -0.2) is 0 Å². The topological polar surface area (TPSA) is 70.2 Å². The van der Waals surface area contributed by atoms with Gasteiger partial charge in [-0.2, -0.15) is 0 Å². The maximum absolute atomic E-state index is 13.2. The molecule has 3 N–H and O–H groups in total. The third kappa shape index (κ3) is 6.29. The highest BCUT2D eigenvalue weighted by molar-refractivity contribution is 7.80. The molecule has 5 nitrogen and oxygen atoms in total. The van der Waals surface area contributed by atoms with E-state index in [1.807, 2.05) is 66.7 Å². The molecule has 4 rings (SSSR count). The molecular weight excluding hydrogens is 442 g/mol. The van der Waals surface area contributed by atoms with E-state index < -0.39 is 5.92 Å². The van der Waals surface area contributed by atoms with Crippen LogP contribution >= 0.6 is 12.2 Å². The fourth-order valence-electron chi connectivity index (χ4n) is 4.39. The predicted octanol–water partition coefficient (Wildman–Crippen LogP) is 5.39. The van der Waals surface area contributed by atoms with Crippen LogP contribution in [0.25, 0.3) is 0 Å². The average molecular weight is 472 g/mol. The van der Waals surface area contributed by atoms with Gasteiger partial charge in [0.1, 0.15) is 0 Å². The lowest BCUT2D eigenvalue weighted by atomic mass is 9.90. The molecule has 1 aliphatic rings.